The Hall–Kier alpha value is -1.14. The molecule has 0 rings (SSSR count). The fraction of sp³-hybridized carbons (Fsp3) is 0.714. The Morgan fingerprint density at radius 2 is 2.08 bits per heavy atom. The summed E-state index contributed by atoms with van der Waals surface area (Å²) in [6, 6.07) is 0. The maximum Gasteiger partial charge on any atom is 0.394 e. The average molecular weight is 191 g/mol. The zero-order valence-electron chi connectivity index (χ0n) is 7.57. The maximum atomic E-state index is 10.6. The van der Waals surface area contributed by atoms with Crippen LogP contribution in [0.15, 0.2) is 0 Å². The highest BCUT2D eigenvalue weighted by molar-refractivity contribution is 6.31. The molecule has 0 fully saturated rings. The lowest BCUT2D eigenvalue weighted by atomic mass is 10.3. The molecule has 0 aliphatic carbocycles. The van der Waals surface area contributed by atoms with Crippen LogP contribution in [0.2, 0.25) is 0 Å². The van der Waals surface area contributed by atoms with Gasteiger partial charge in [0.2, 0.25) is 0 Å². The number of hydrogen-bond donors (Lipinski definition) is 2. The molecule has 2 N–H and O–H groups in total. The molecule has 0 aromatic carbocycles. The van der Waals surface area contributed by atoms with E-state index in [-0.39, 0.29) is 12.6 Å². The van der Waals surface area contributed by atoms with Gasteiger partial charge in [-0.2, -0.15) is 0 Å². The number of carboxylic acid groups (broad SMARTS) is 1. The first-order valence-corrected chi connectivity index (χ1v) is 3.64. The molecule has 0 aromatic rings. The average Bonchev–Trinajstić information content (AvgIpc) is 2.11. The Labute approximate surface area is 75.8 Å². The summed E-state index contributed by atoms with van der Waals surface area (Å²) < 4.78 is 9.65. The molecule has 0 aliphatic rings. The second-order valence-electron chi connectivity index (χ2n) is 2.33. The lowest BCUT2D eigenvalue weighted by molar-refractivity contribution is -0.150. The van der Waals surface area contributed by atoms with E-state index in [9.17, 15) is 9.59 Å². The van der Waals surface area contributed by atoms with Crippen molar-refractivity contribution in [1.82, 2.24) is 5.32 Å². The standard InChI is InChI=1S/C7H13NO5/c1-12-4-5(13-2)3-8-6(9)7(10)11/h5H,3-4H2,1-2H3,(H,8,9)(H,10,11). The molecule has 0 aliphatic heterocycles. The molecule has 0 saturated heterocycles. The SMILES string of the molecule is COCC(CNC(=O)C(=O)O)OC. The number of hydrogen-bond acceptors (Lipinski definition) is 4. The molecule has 13 heavy (non-hydrogen) atoms. The smallest absolute Gasteiger partial charge is 0.394 e. The summed E-state index contributed by atoms with van der Waals surface area (Å²) in [5.74, 6) is -2.55. The minimum Gasteiger partial charge on any atom is -0.474 e. The van der Waals surface area contributed by atoms with Gasteiger partial charge < -0.3 is 19.9 Å². The molecule has 0 saturated carbocycles. The normalized spacial score (nSPS) is 12.2. The van der Waals surface area contributed by atoms with Crippen molar-refractivity contribution in [2.24, 2.45) is 0 Å². The summed E-state index contributed by atoms with van der Waals surface area (Å²) >= 11 is 0. The number of rotatable bonds is 5. The van der Waals surface area contributed by atoms with Crippen LogP contribution >= 0.6 is 0 Å². The van der Waals surface area contributed by atoms with Gasteiger partial charge in [-0.1, -0.05) is 0 Å². The van der Waals surface area contributed by atoms with Gasteiger partial charge >= 0.3 is 11.9 Å². The van der Waals surface area contributed by atoms with E-state index in [0.29, 0.717) is 6.61 Å². The second kappa shape index (κ2) is 6.38. The van der Waals surface area contributed by atoms with E-state index in [2.05, 4.69) is 5.32 Å². The highest BCUT2D eigenvalue weighted by Gasteiger charge is 2.13. The molecule has 6 heteroatoms. The second-order valence-corrected chi connectivity index (χ2v) is 2.33. The first-order valence-electron chi connectivity index (χ1n) is 3.64. The molecule has 1 atom stereocenters. The fourth-order valence-electron chi connectivity index (χ4n) is 0.678. The molecule has 6 nitrogen and oxygen atoms in total. The number of amides is 1. The molecule has 0 aromatic heterocycles. The summed E-state index contributed by atoms with van der Waals surface area (Å²) in [7, 11) is 2.95. The number of carbonyl (C=O) groups is 2. The molecule has 0 spiro atoms. The predicted molar refractivity (Wildman–Crippen MR) is 43.3 cm³/mol. The van der Waals surface area contributed by atoms with Gasteiger partial charge in [-0.3, -0.25) is 4.79 Å². The lowest BCUT2D eigenvalue weighted by Gasteiger charge is -2.13. The Morgan fingerprint density at radius 1 is 1.46 bits per heavy atom. The summed E-state index contributed by atoms with van der Waals surface area (Å²) in [5, 5.41) is 10.4. The van der Waals surface area contributed by atoms with E-state index in [1.165, 1.54) is 14.2 Å². The monoisotopic (exact) mass is 191 g/mol. The summed E-state index contributed by atoms with van der Waals surface area (Å²) in [4.78, 5) is 20.6. The minimum atomic E-state index is -1.51. The zero-order valence-corrected chi connectivity index (χ0v) is 7.57. The van der Waals surface area contributed by atoms with E-state index >= 15 is 0 Å². The van der Waals surface area contributed by atoms with Gasteiger partial charge in [-0.25, -0.2) is 4.79 Å². The highest BCUT2D eigenvalue weighted by Crippen LogP contribution is 1.88. The zero-order chi connectivity index (χ0) is 10.3. The van der Waals surface area contributed by atoms with Gasteiger partial charge in [-0.15, -0.1) is 0 Å². The fourth-order valence-corrected chi connectivity index (χ4v) is 0.678. The number of methoxy groups -OCH3 is 2. The molecule has 0 radical (unpaired) electrons. The Kier molecular flexibility index (Phi) is 5.82. The topological polar surface area (TPSA) is 84.9 Å². The third kappa shape index (κ3) is 5.15. The van der Waals surface area contributed by atoms with E-state index < -0.39 is 11.9 Å². The summed E-state index contributed by atoms with van der Waals surface area (Å²) in [5.41, 5.74) is 0. The van der Waals surface area contributed by atoms with Crippen molar-refractivity contribution in [3.05, 3.63) is 0 Å². The van der Waals surface area contributed by atoms with E-state index in [1.54, 1.807) is 0 Å². The Morgan fingerprint density at radius 3 is 2.46 bits per heavy atom. The lowest BCUT2D eigenvalue weighted by Crippen LogP contribution is -2.38. The van der Waals surface area contributed by atoms with E-state index in [1.807, 2.05) is 0 Å². The van der Waals surface area contributed by atoms with Crippen LogP contribution in [0.1, 0.15) is 0 Å². The van der Waals surface area contributed by atoms with Crippen LogP contribution < -0.4 is 5.32 Å². The van der Waals surface area contributed by atoms with Crippen molar-refractivity contribution in [2.45, 2.75) is 6.10 Å². The minimum absolute atomic E-state index is 0.121. The van der Waals surface area contributed by atoms with Crippen molar-refractivity contribution in [3.63, 3.8) is 0 Å². The van der Waals surface area contributed by atoms with Crippen molar-refractivity contribution >= 4 is 11.9 Å². The number of aliphatic carboxylic acids is 1. The van der Waals surface area contributed by atoms with Crippen LogP contribution in [-0.4, -0.2) is 50.5 Å². The van der Waals surface area contributed by atoms with Gasteiger partial charge in [-0.05, 0) is 0 Å². The molecule has 0 heterocycles. The molecule has 1 unspecified atom stereocenters. The Balaban J connectivity index is 3.71. The van der Waals surface area contributed by atoms with E-state index in [4.69, 9.17) is 14.6 Å². The summed E-state index contributed by atoms with van der Waals surface area (Å²) in [6.07, 6.45) is -0.326. The van der Waals surface area contributed by atoms with Crippen LogP contribution in [0.3, 0.4) is 0 Å². The van der Waals surface area contributed by atoms with Crippen molar-refractivity contribution in [2.75, 3.05) is 27.4 Å². The number of carboxylic acids is 1. The van der Waals surface area contributed by atoms with Crippen molar-refractivity contribution in [1.29, 1.82) is 0 Å². The third-order valence-electron chi connectivity index (χ3n) is 1.37. The van der Waals surface area contributed by atoms with Crippen LogP contribution in [0.4, 0.5) is 0 Å². The third-order valence-corrected chi connectivity index (χ3v) is 1.37. The van der Waals surface area contributed by atoms with Gasteiger partial charge in [0.25, 0.3) is 0 Å². The molecule has 0 bridgehead atoms. The highest BCUT2D eigenvalue weighted by atomic mass is 16.5. The first kappa shape index (κ1) is 11.9. The number of ether oxygens (including phenoxy) is 2. The van der Waals surface area contributed by atoms with E-state index in [0.717, 1.165) is 0 Å². The van der Waals surface area contributed by atoms with Gasteiger partial charge in [0.1, 0.15) is 0 Å². The number of nitrogens with one attached hydrogen (secondary N) is 1. The Bertz CT molecular complexity index is 182. The van der Waals surface area contributed by atoms with Crippen molar-refractivity contribution < 1.29 is 24.2 Å². The van der Waals surface area contributed by atoms with Crippen LogP contribution in [0.25, 0.3) is 0 Å². The maximum absolute atomic E-state index is 10.6. The molecular formula is C7H13NO5. The molecular weight excluding hydrogens is 178 g/mol. The van der Waals surface area contributed by atoms with Crippen LogP contribution in [0, 0.1) is 0 Å². The van der Waals surface area contributed by atoms with Crippen molar-refractivity contribution in [3.8, 4) is 0 Å². The predicted octanol–water partition coefficient (Wildman–Crippen LogP) is -1.15. The molecule has 76 valence electrons. The first-order chi connectivity index (χ1) is 6.11. The van der Waals surface area contributed by atoms with Gasteiger partial charge in [0.15, 0.2) is 0 Å². The van der Waals surface area contributed by atoms with Crippen LogP contribution in [0.5, 0.6) is 0 Å². The quantitative estimate of drug-likeness (QED) is 0.536. The number of carbonyl (C=O) groups excluding carboxylic acids is 1. The largest absolute Gasteiger partial charge is 0.474 e. The van der Waals surface area contributed by atoms with Gasteiger partial charge in [0.05, 0.1) is 12.7 Å². The van der Waals surface area contributed by atoms with Crippen LogP contribution in [-0.2, 0) is 19.1 Å². The van der Waals surface area contributed by atoms with Gasteiger partial charge in [0, 0.05) is 20.8 Å². The molecule has 1 amide bonds. The summed E-state index contributed by atoms with van der Waals surface area (Å²) in [6.45, 7) is 0.422.